The lowest BCUT2D eigenvalue weighted by Gasteiger charge is -2.08. The molecule has 4 nitrogen and oxygen atoms in total. The third-order valence-electron chi connectivity index (χ3n) is 3.33. The molecule has 21 heavy (non-hydrogen) atoms. The molecule has 104 valence electrons. The summed E-state index contributed by atoms with van der Waals surface area (Å²) in [6, 6.07) is 12.3. The van der Waals surface area contributed by atoms with Crippen molar-refractivity contribution in [2.45, 2.75) is 6.54 Å². The molecule has 0 atom stereocenters. The number of halogens is 1. The molecule has 0 bridgehead atoms. The van der Waals surface area contributed by atoms with Crippen LogP contribution in [0.15, 0.2) is 47.2 Å². The van der Waals surface area contributed by atoms with E-state index in [1.807, 2.05) is 29.0 Å². The number of methoxy groups -OCH3 is 1. The van der Waals surface area contributed by atoms with Crippen LogP contribution in [0.5, 0.6) is 5.88 Å². The van der Waals surface area contributed by atoms with Crippen molar-refractivity contribution in [2.24, 2.45) is 0 Å². The lowest BCUT2D eigenvalue weighted by atomic mass is 10.2. The molecule has 5 heteroatoms. The molecule has 0 aliphatic carbocycles. The van der Waals surface area contributed by atoms with Crippen LogP contribution in [-0.4, -0.2) is 16.7 Å². The SMILES string of the molecule is COc1ncc2c(Br)cn(Cc3ccccc3)c2c1C#N. The van der Waals surface area contributed by atoms with Crippen molar-refractivity contribution in [3.8, 4) is 11.9 Å². The van der Waals surface area contributed by atoms with Gasteiger partial charge in [-0.25, -0.2) is 4.98 Å². The van der Waals surface area contributed by atoms with Gasteiger partial charge in [-0.05, 0) is 21.5 Å². The Bertz CT molecular complexity index is 834. The highest BCUT2D eigenvalue weighted by Crippen LogP contribution is 2.32. The number of aromatic nitrogens is 2. The lowest BCUT2D eigenvalue weighted by molar-refractivity contribution is 0.397. The van der Waals surface area contributed by atoms with Gasteiger partial charge in [-0.15, -0.1) is 0 Å². The van der Waals surface area contributed by atoms with Gasteiger partial charge in [0.15, 0.2) is 0 Å². The van der Waals surface area contributed by atoms with Gasteiger partial charge in [0, 0.05) is 28.8 Å². The van der Waals surface area contributed by atoms with Crippen molar-refractivity contribution in [1.82, 2.24) is 9.55 Å². The molecule has 0 radical (unpaired) electrons. The van der Waals surface area contributed by atoms with Crippen LogP contribution >= 0.6 is 15.9 Å². The van der Waals surface area contributed by atoms with E-state index in [9.17, 15) is 5.26 Å². The van der Waals surface area contributed by atoms with Crippen molar-refractivity contribution in [3.63, 3.8) is 0 Å². The molecule has 0 saturated carbocycles. The Morgan fingerprint density at radius 1 is 1.33 bits per heavy atom. The Hall–Kier alpha value is -2.32. The average molecular weight is 342 g/mol. The Morgan fingerprint density at radius 2 is 2.10 bits per heavy atom. The minimum absolute atomic E-state index is 0.352. The smallest absolute Gasteiger partial charge is 0.233 e. The van der Waals surface area contributed by atoms with E-state index in [0.29, 0.717) is 18.0 Å². The zero-order valence-electron chi connectivity index (χ0n) is 11.4. The highest BCUT2D eigenvalue weighted by Gasteiger charge is 2.16. The van der Waals surface area contributed by atoms with Crippen LogP contribution in [0, 0.1) is 11.3 Å². The molecule has 0 unspecified atom stereocenters. The zero-order chi connectivity index (χ0) is 14.8. The quantitative estimate of drug-likeness (QED) is 0.729. The topological polar surface area (TPSA) is 50.8 Å². The number of nitrogens with zero attached hydrogens (tertiary/aromatic N) is 3. The van der Waals surface area contributed by atoms with Crippen LogP contribution in [0.25, 0.3) is 10.9 Å². The number of benzene rings is 1. The standard InChI is InChI=1S/C16H12BrN3O/c1-21-16-12(7-18)15-13(8-19-16)14(17)10-20(15)9-11-5-3-2-4-6-11/h2-6,8,10H,9H2,1H3. The fourth-order valence-electron chi connectivity index (χ4n) is 2.39. The Morgan fingerprint density at radius 3 is 2.76 bits per heavy atom. The summed E-state index contributed by atoms with van der Waals surface area (Å²) in [5, 5.41) is 10.4. The van der Waals surface area contributed by atoms with E-state index in [1.165, 1.54) is 12.7 Å². The molecule has 3 aromatic rings. The molecular formula is C16H12BrN3O. The highest BCUT2D eigenvalue weighted by atomic mass is 79.9. The first-order valence-electron chi connectivity index (χ1n) is 6.40. The largest absolute Gasteiger partial charge is 0.480 e. The third-order valence-corrected chi connectivity index (χ3v) is 3.96. The molecule has 0 aliphatic rings. The predicted octanol–water partition coefficient (Wildman–Crippen LogP) is 3.73. The molecular weight excluding hydrogens is 330 g/mol. The molecule has 3 rings (SSSR count). The van der Waals surface area contributed by atoms with E-state index < -0.39 is 0 Å². The first-order chi connectivity index (χ1) is 10.2. The van der Waals surface area contributed by atoms with E-state index in [1.54, 1.807) is 6.20 Å². The Labute approximate surface area is 130 Å². The van der Waals surface area contributed by atoms with Crippen LogP contribution in [0.4, 0.5) is 0 Å². The van der Waals surface area contributed by atoms with Gasteiger partial charge in [-0.3, -0.25) is 0 Å². The molecule has 0 N–H and O–H groups in total. The summed E-state index contributed by atoms with van der Waals surface area (Å²) in [6.45, 7) is 0.685. The number of hydrogen-bond acceptors (Lipinski definition) is 3. The number of nitriles is 1. The second-order valence-electron chi connectivity index (χ2n) is 4.61. The number of pyridine rings is 1. The van der Waals surface area contributed by atoms with E-state index in [2.05, 4.69) is 39.1 Å². The first kappa shape index (κ1) is 13.7. The van der Waals surface area contributed by atoms with E-state index in [-0.39, 0.29) is 0 Å². The van der Waals surface area contributed by atoms with E-state index in [0.717, 1.165) is 15.4 Å². The predicted molar refractivity (Wildman–Crippen MR) is 84.2 cm³/mol. The van der Waals surface area contributed by atoms with Gasteiger partial charge >= 0.3 is 0 Å². The van der Waals surface area contributed by atoms with Crippen LogP contribution in [0.1, 0.15) is 11.1 Å². The molecule has 0 saturated heterocycles. The third kappa shape index (κ3) is 2.39. The molecule has 2 heterocycles. The monoisotopic (exact) mass is 341 g/mol. The lowest BCUT2D eigenvalue weighted by Crippen LogP contribution is -2.01. The van der Waals surface area contributed by atoms with Crippen molar-refractivity contribution >= 4 is 26.8 Å². The molecule has 2 aromatic heterocycles. The molecule has 0 aliphatic heterocycles. The van der Waals surface area contributed by atoms with Crippen LogP contribution in [-0.2, 0) is 6.54 Å². The minimum atomic E-state index is 0.352. The van der Waals surface area contributed by atoms with Gasteiger partial charge in [0.25, 0.3) is 0 Å². The number of hydrogen-bond donors (Lipinski definition) is 0. The van der Waals surface area contributed by atoms with Gasteiger partial charge in [0.2, 0.25) is 5.88 Å². The van der Waals surface area contributed by atoms with Gasteiger partial charge < -0.3 is 9.30 Å². The van der Waals surface area contributed by atoms with Gasteiger partial charge in [0.05, 0.1) is 12.6 Å². The van der Waals surface area contributed by atoms with Gasteiger partial charge in [-0.2, -0.15) is 5.26 Å². The second-order valence-corrected chi connectivity index (χ2v) is 5.46. The fourth-order valence-corrected chi connectivity index (χ4v) is 2.93. The summed E-state index contributed by atoms with van der Waals surface area (Å²) in [5.74, 6) is 0.352. The molecule has 0 amide bonds. The normalized spacial score (nSPS) is 10.5. The molecule has 0 fully saturated rings. The molecule has 0 spiro atoms. The van der Waals surface area contributed by atoms with Crippen LogP contribution < -0.4 is 4.74 Å². The fraction of sp³-hybridized carbons (Fsp3) is 0.125. The maximum atomic E-state index is 9.45. The first-order valence-corrected chi connectivity index (χ1v) is 7.19. The second kappa shape index (κ2) is 5.58. The number of fused-ring (bicyclic) bond motifs is 1. The van der Waals surface area contributed by atoms with E-state index >= 15 is 0 Å². The summed E-state index contributed by atoms with van der Waals surface area (Å²) >= 11 is 3.53. The highest BCUT2D eigenvalue weighted by molar-refractivity contribution is 9.10. The van der Waals surface area contributed by atoms with Gasteiger partial charge in [-0.1, -0.05) is 30.3 Å². The number of ether oxygens (including phenoxy) is 1. The van der Waals surface area contributed by atoms with Crippen molar-refractivity contribution in [3.05, 3.63) is 58.3 Å². The maximum Gasteiger partial charge on any atom is 0.233 e. The van der Waals surface area contributed by atoms with E-state index in [4.69, 9.17) is 4.74 Å². The van der Waals surface area contributed by atoms with Crippen molar-refractivity contribution < 1.29 is 4.74 Å². The summed E-state index contributed by atoms with van der Waals surface area (Å²) in [4.78, 5) is 4.19. The zero-order valence-corrected chi connectivity index (χ0v) is 13.0. The minimum Gasteiger partial charge on any atom is -0.480 e. The maximum absolute atomic E-state index is 9.45. The summed E-state index contributed by atoms with van der Waals surface area (Å²) in [7, 11) is 1.52. The van der Waals surface area contributed by atoms with Crippen molar-refractivity contribution in [2.75, 3.05) is 7.11 Å². The summed E-state index contributed by atoms with van der Waals surface area (Å²) < 4.78 is 8.15. The molecule has 1 aromatic carbocycles. The number of rotatable bonds is 3. The average Bonchev–Trinajstić information content (AvgIpc) is 2.83. The van der Waals surface area contributed by atoms with Crippen LogP contribution in [0.2, 0.25) is 0 Å². The van der Waals surface area contributed by atoms with Crippen LogP contribution in [0.3, 0.4) is 0 Å². The Kier molecular flexibility index (Phi) is 3.63. The summed E-state index contributed by atoms with van der Waals surface area (Å²) in [6.07, 6.45) is 3.69. The Balaban J connectivity index is 2.21. The van der Waals surface area contributed by atoms with Gasteiger partial charge in [0.1, 0.15) is 11.6 Å². The van der Waals surface area contributed by atoms with Crippen molar-refractivity contribution in [1.29, 1.82) is 5.26 Å². The summed E-state index contributed by atoms with van der Waals surface area (Å²) in [5.41, 5.74) is 2.46.